The van der Waals surface area contributed by atoms with Crippen LogP contribution in [0.5, 0.6) is 0 Å². The number of rotatable bonds is 7. The van der Waals surface area contributed by atoms with E-state index < -0.39 is 0 Å². The summed E-state index contributed by atoms with van der Waals surface area (Å²) in [4.78, 5) is 16.3. The molecule has 1 aromatic carbocycles. The van der Waals surface area contributed by atoms with Gasteiger partial charge in [0.25, 0.3) is 5.91 Å². The number of nitrogens with zero attached hydrogens (tertiary/aromatic N) is 1. The molecule has 0 aliphatic carbocycles. The van der Waals surface area contributed by atoms with Crippen molar-refractivity contribution in [3.05, 3.63) is 57.7 Å². The first-order chi connectivity index (χ1) is 11.1. The number of benzene rings is 1. The summed E-state index contributed by atoms with van der Waals surface area (Å²) in [5, 5.41) is 7.24. The number of hydrogen-bond donors (Lipinski definition) is 2. The van der Waals surface area contributed by atoms with E-state index in [0.717, 1.165) is 24.3 Å². The Kier molecular flexibility index (Phi) is 6.68. The molecule has 0 aliphatic heterocycles. The Labute approximate surface area is 146 Å². The van der Waals surface area contributed by atoms with Crippen LogP contribution >= 0.6 is 23.2 Å². The summed E-state index contributed by atoms with van der Waals surface area (Å²) in [5.41, 5.74) is 1.49. The van der Waals surface area contributed by atoms with Crippen LogP contribution in [-0.2, 0) is 6.42 Å². The zero-order valence-electron chi connectivity index (χ0n) is 12.9. The minimum absolute atomic E-state index is 0.148. The number of carbonyl (C=O) groups is 1. The second-order valence-electron chi connectivity index (χ2n) is 5.10. The lowest BCUT2D eigenvalue weighted by molar-refractivity contribution is 0.0954. The Morgan fingerprint density at radius 3 is 2.65 bits per heavy atom. The molecular weight excluding hydrogens is 333 g/mol. The fourth-order valence-corrected chi connectivity index (χ4v) is 2.53. The lowest BCUT2D eigenvalue weighted by atomic mass is 10.1. The van der Waals surface area contributed by atoms with Gasteiger partial charge in [-0.25, -0.2) is 4.98 Å². The van der Waals surface area contributed by atoms with Gasteiger partial charge in [0.1, 0.15) is 5.82 Å². The zero-order chi connectivity index (χ0) is 16.7. The summed E-state index contributed by atoms with van der Waals surface area (Å²) < 4.78 is 0. The van der Waals surface area contributed by atoms with E-state index in [2.05, 4.69) is 22.5 Å². The first-order valence-electron chi connectivity index (χ1n) is 7.52. The van der Waals surface area contributed by atoms with Gasteiger partial charge in [0.2, 0.25) is 0 Å². The van der Waals surface area contributed by atoms with Gasteiger partial charge in [-0.3, -0.25) is 4.79 Å². The molecule has 0 atom stereocenters. The molecule has 0 radical (unpaired) electrons. The van der Waals surface area contributed by atoms with Gasteiger partial charge >= 0.3 is 0 Å². The molecular formula is C17H19Cl2N3O. The standard InChI is InChI=1S/C17H19Cl2N3O/c1-2-8-20-16-6-4-13(11-22-16)17(23)21-9-7-12-3-5-14(18)10-15(12)19/h3-6,10-11H,2,7-9H2,1H3,(H,20,22)(H,21,23). The van der Waals surface area contributed by atoms with Crippen LogP contribution in [0.2, 0.25) is 10.0 Å². The predicted octanol–water partition coefficient (Wildman–Crippen LogP) is 4.18. The molecule has 23 heavy (non-hydrogen) atoms. The van der Waals surface area contributed by atoms with E-state index >= 15 is 0 Å². The first kappa shape index (κ1) is 17.6. The number of carbonyl (C=O) groups excluding carboxylic acids is 1. The van der Waals surface area contributed by atoms with Crippen LogP contribution in [0.4, 0.5) is 5.82 Å². The van der Waals surface area contributed by atoms with Gasteiger partial charge in [0, 0.05) is 29.3 Å². The van der Waals surface area contributed by atoms with Crippen LogP contribution in [-0.4, -0.2) is 24.0 Å². The molecule has 2 aromatic rings. The van der Waals surface area contributed by atoms with Crippen molar-refractivity contribution in [1.29, 1.82) is 0 Å². The number of anilines is 1. The Bertz CT molecular complexity index is 659. The van der Waals surface area contributed by atoms with Crippen LogP contribution in [0.15, 0.2) is 36.5 Å². The molecule has 122 valence electrons. The van der Waals surface area contributed by atoms with E-state index in [-0.39, 0.29) is 5.91 Å². The van der Waals surface area contributed by atoms with Crippen molar-refractivity contribution in [2.24, 2.45) is 0 Å². The third-order valence-corrected chi connectivity index (χ3v) is 3.86. The van der Waals surface area contributed by atoms with Crippen molar-refractivity contribution in [2.45, 2.75) is 19.8 Å². The molecule has 1 amide bonds. The highest BCUT2D eigenvalue weighted by Crippen LogP contribution is 2.21. The Morgan fingerprint density at radius 1 is 1.17 bits per heavy atom. The van der Waals surface area contributed by atoms with Gasteiger partial charge in [-0.2, -0.15) is 0 Å². The van der Waals surface area contributed by atoms with Crippen LogP contribution in [0, 0.1) is 0 Å². The van der Waals surface area contributed by atoms with Crippen LogP contribution in [0.1, 0.15) is 29.3 Å². The average Bonchev–Trinajstić information content (AvgIpc) is 2.55. The van der Waals surface area contributed by atoms with E-state index in [1.165, 1.54) is 0 Å². The summed E-state index contributed by atoms with van der Waals surface area (Å²) in [6.07, 6.45) is 3.24. The molecule has 2 N–H and O–H groups in total. The minimum Gasteiger partial charge on any atom is -0.370 e. The maximum absolute atomic E-state index is 12.1. The van der Waals surface area contributed by atoms with Crippen molar-refractivity contribution in [1.82, 2.24) is 10.3 Å². The molecule has 6 heteroatoms. The SMILES string of the molecule is CCCNc1ccc(C(=O)NCCc2ccc(Cl)cc2Cl)cn1. The van der Waals surface area contributed by atoms with E-state index in [1.807, 2.05) is 6.07 Å². The Balaban J connectivity index is 1.84. The molecule has 0 fully saturated rings. The van der Waals surface area contributed by atoms with Crippen LogP contribution in [0.25, 0.3) is 0 Å². The van der Waals surface area contributed by atoms with E-state index in [9.17, 15) is 4.79 Å². The van der Waals surface area contributed by atoms with Crippen molar-refractivity contribution in [3.8, 4) is 0 Å². The molecule has 0 spiro atoms. The lowest BCUT2D eigenvalue weighted by Gasteiger charge is -2.08. The van der Waals surface area contributed by atoms with Crippen LogP contribution < -0.4 is 10.6 Å². The van der Waals surface area contributed by atoms with Crippen molar-refractivity contribution < 1.29 is 4.79 Å². The number of hydrogen-bond acceptors (Lipinski definition) is 3. The second-order valence-corrected chi connectivity index (χ2v) is 5.94. The number of halogens is 2. The highest BCUT2D eigenvalue weighted by molar-refractivity contribution is 6.35. The Hall–Kier alpha value is -1.78. The topological polar surface area (TPSA) is 54.0 Å². The second kappa shape index (κ2) is 8.75. The molecule has 1 aromatic heterocycles. The number of amides is 1. The maximum atomic E-state index is 12.1. The highest BCUT2D eigenvalue weighted by Gasteiger charge is 2.07. The van der Waals surface area contributed by atoms with E-state index in [4.69, 9.17) is 23.2 Å². The van der Waals surface area contributed by atoms with Gasteiger partial charge in [-0.15, -0.1) is 0 Å². The maximum Gasteiger partial charge on any atom is 0.252 e. The van der Waals surface area contributed by atoms with Gasteiger partial charge in [0.15, 0.2) is 0 Å². The normalized spacial score (nSPS) is 10.4. The largest absolute Gasteiger partial charge is 0.370 e. The van der Waals surface area contributed by atoms with Crippen molar-refractivity contribution in [3.63, 3.8) is 0 Å². The zero-order valence-corrected chi connectivity index (χ0v) is 14.4. The minimum atomic E-state index is -0.148. The summed E-state index contributed by atoms with van der Waals surface area (Å²) in [6.45, 7) is 3.44. The highest BCUT2D eigenvalue weighted by atomic mass is 35.5. The fourth-order valence-electron chi connectivity index (χ4n) is 2.02. The molecule has 0 unspecified atom stereocenters. The van der Waals surface area contributed by atoms with Crippen LogP contribution in [0.3, 0.4) is 0 Å². The van der Waals surface area contributed by atoms with Crippen molar-refractivity contribution in [2.75, 3.05) is 18.4 Å². The van der Waals surface area contributed by atoms with E-state index in [1.54, 1.807) is 30.5 Å². The predicted molar refractivity (Wildman–Crippen MR) is 95.5 cm³/mol. The number of aromatic nitrogens is 1. The molecule has 2 rings (SSSR count). The number of nitrogens with one attached hydrogen (secondary N) is 2. The fraction of sp³-hybridized carbons (Fsp3) is 0.294. The third kappa shape index (κ3) is 5.41. The first-order valence-corrected chi connectivity index (χ1v) is 8.27. The smallest absolute Gasteiger partial charge is 0.252 e. The van der Waals surface area contributed by atoms with Gasteiger partial charge in [-0.1, -0.05) is 36.2 Å². The summed E-state index contributed by atoms with van der Waals surface area (Å²) in [6, 6.07) is 8.92. The number of pyridine rings is 1. The molecule has 0 saturated heterocycles. The van der Waals surface area contributed by atoms with E-state index in [0.29, 0.717) is 28.6 Å². The van der Waals surface area contributed by atoms with Crippen molar-refractivity contribution >= 4 is 34.9 Å². The molecule has 0 aliphatic rings. The van der Waals surface area contributed by atoms with Gasteiger partial charge in [-0.05, 0) is 42.7 Å². The summed E-state index contributed by atoms with van der Waals surface area (Å²) in [7, 11) is 0. The molecule has 1 heterocycles. The molecule has 4 nitrogen and oxygen atoms in total. The van der Waals surface area contributed by atoms with Gasteiger partial charge in [0.05, 0.1) is 5.56 Å². The van der Waals surface area contributed by atoms with Gasteiger partial charge < -0.3 is 10.6 Å². The Morgan fingerprint density at radius 2 is 2.00 bits per heavy atom. The molecule has 0 saturated carbocycles. The average molecular weight is 352 g/mol. The third-order valence-electron chi connectivity index (χ3n) is 3.28. The monoisotopic (exact) mass is 351 g/mol. The lowest BCUT2D eigenvalue weighted by Crippen LogP contribution is -2.25. The quantitative estimate of drug-likeness (QED) is 0.786. The molecule has 0 bridgehead atoms. The summed E-state index contributed by atoms with van der Waals surface area (Å²) in [5.74, 6) is 0.626. The summed E-state index contributed by atoms with van der Waals surface area (Å²) >= 11 is 12.0.